The molecule has 21 heteroatoms. The quantitative estimate of drug-likeness (QED) is 0.0398. The van der Waals surface area contributed by atoms with Crippen LogP contribution in [0.25, 0.3) is 0 Å². The molecule has 0 heterocycles. The molecule has 0 aliphatic rings. The van der Waals surface area contributed by atoms with Gasteiger partial charge in [0.1, 0.15) is 18.7 Å². The average Bonchev–Trinajstić information content (AvgIpc) is 3.25. The maximum atomic E-state index is 13.4. The number of nitrogens with two attached hydrogens (primary N) is 1. The number of carbonyl (C=O) groups excluding carboxylic acids is 6. The van der Waals surface area contributed by atoms with Crippen molar-refractivity contribution in [3.05, 3.63) is 29.8 Å². The Hall–Kier alpha value is -4.48. The molecule has 0 spiro atoms. The molecule has 21 nitrogen and oxygen atoms in total. The van der Waals surface area contributed by atoms with E-state index in [-0.39, 0.29) is 51.0 Å². The van der Waals surface area contributed by atoms with Gasteiger partial charge in [0.15, 0.2) is 0 Å². The van der Waals surface area contributed by atoms with Crippen LogP contribution in [0.1, 0.15) is 65.4 Å². The number of urea groups is 1. The summed E-state index contributed by atoms with van der Waals surface area (Å²) in [6, 6.07) is 4.04. The van der Waals surface area contributed by atoms with Crippen LogP contribution < -0.4 is 32.3 Å². The molecule has 0 bridgehead atoms. The van der Waals surface area contributed by atoms with Crippen molar-refractivity contribution in [1.82, 2.24) is 21.3 Å². The van der Waals surface area contributed by atoms with Gasteiger partial charge in [-0.05, 0) is 42.9 Å². The number of esters is 1. The number of carbonyl (C=O) groups is 6. The summed E-state index contributed by atoms with van der Waals surface area (Å²) in [4.78, 5) is 73.0. The second-order valence-corrected chi connectivity index (χ2v) is 14.5. The lowest BCUT2D eigenvalue weighted by molar-refractivity contribution is -0.142. The van der Waals surface area contributed by atoms with Crippen molar-refractivity contribution < 1.29 is 71.4 Å². The number of anilines is 1. The third-order valence-electron chi connectivity index (χ3n) is 8.65. The summed E-state index contributed by atoms with van der Waals surface area (Å²) < 4.78 is 48.8. The minimum atomic E-state index is -0.994. The van der Waals surface area contributed by atoms with Crippen molar-refractivity contribution in [3.63, 3.8) is 0 Å². The van der Waals surface area contributed by atoms with Crippen LogP contribution >= 0.6 is 0 Å². The van der Waals surface area contributed by atoms with Gasteiger partial charge in [0.25, 0.3) is 0 Å². The Morgan fingerprint density at radius 3 is 1.52 bits per heavy atom. The Bertz CT molecular complexity index is 1420. The first-order chi connectivity index (χ1) is 30.9. The number of ether oxygens (including phenoxy) is 9. The zero-order valence-corrected chi connectivity index (χ0v) is 38.2. The molecular weight excluding hydrogens is 840 g/mol. The molecule has 1 rings (SSSR count). The Balaban J connectivity index is 2.13. The minimum Gasteiger partial charge on any atom is -0.461 e. The first-order valence-electron chi connectivity index (χ1n) is 22.0. The van der Waals surface area contributed by atoms with Gasteiger partial charge >= 0.3 is 12.0 Å². The van der Waals surface area contributed by atoms with Gasteiger partial charge in [-0.1, -0.05) is 32.9 Å². The van der Waals surface area contributed by atoms with Crippen molar-refractivity contribution in [2.24, 2.45) is 11.7 Å². The van der Waals surface area contributed by atoms with Gasteiger partial charge in [0, 0.05) is 38.5 Å². The minimum absolute atomic E-state index is 0.00575. The zero-order chi connectivity index (χ0) is 47.0. The van der Waals surface area contributed by atoms with Crippen molar-refractivity contribution in [2.45, 2.75) is 78.5 Å². The molecule has 64 heavy (non-hydrogen) atoms. The highest BCUT2D eigenvalue weighted by molar-refractivity contribution is 5.98. The fraction of sp³-hybridized carbons (Fsp3) is 0.721. The number of primary amides is 1. The maximum absolute atomic E-state index is 13.4. The largest absolute Gasteiger partial charge is 0.461 e. The summed E-state index contributed by atoms with van der Waals surface area (Å²) in [5, 5.41) is 13.5. The Morgan fingerprint density at radius 2 is 1.06 bits per heavy atom. The Morgan fingerprint density at radius 1 is 0.578 bits per heavy atom. The van der Waals surface area contributed by atoms with Crippen LogP contribution in [0.5, 0.6) is 0 Å². The van der Waals surface area contributed by atoms with E-state index >= 15 is 0 Å². The van der Waals surface area contributed by atoms with Crippen LogP contribution in [0.3, 0.4) is 0 Å². The van der Waals surface area contributed by atoms with Crippen LogP contribution in [0.15, 0.2) is 24.3 Å². The summed E-state index contributed by atoms with van der Waals surface area (Å²) >= 11 is 0. The number of nitrogens with one attached hydrogen (secondary N) is 5. The first-order valence-corrected chi connectivity index (χ1v) is 22.0. The molecule has 0 fully saturated rings. The van der Waals surface area contributed by atoms with Gasteiger partial charge in [-0.15, -0.1) is 0 Å². The fourth-order valence-corrected chi connectivity index (χ4v) is 5.31. The fourth-order valence-electron chi connectivity index (χ4n) is 5.31. The van der Waals surface area contributed by atoms with Crippen molar-refractivity contribution in [2.75, 3.05) is 124 Å². The van der Waals surface area contributed by atoms with Crippen LogP contribution in [0.2, 0.25) is 0 Å². The lowest BCUT2D eigenvalue weighted by Gasteiger charge is -2.25. The molecule has 7 N–H and O–H groups in total. The number of hydrogen-bond donors (Lipinski definition) is 6. The molecule has 2 atom stereocenters. The van der Waals surface area contributed by atoms with E-state index in [0.717, 1.165) is 12.0 Å². The molecule has 0 radical (unpaired) electrons. The second kappa shape index (κ2) is 38.9. The second-order valence-electron chi connectivity index (χ2n) is 14.5. The normalized spacial score (nSPS) is 12.0. The molecule has 0 unspecified atom stereocenters. The Labute approximate surface area is 377 Å². The molecule has 0 aliphatic carbocycles. The summed E-state index contributed by atoms with van der Waals surface area (Å²) in [5.74, 6) is -2.11. The zero-order valence-electron chi connectivity index (χ0n) is 38.2. The third-order valence-corrected chi connectivity index (χ3v) is 8.65. The smallest absolute Gasteiger partial charge is 0.312 e. The molecule has 366 valence electrons. The van der Waals surface area contributed by atoms with Crippen LogP contribution in [-0.2, 0) is 73.2 Å². The lowest BCUT2D eigenvalue weighted by Crippen LogP contribution is -2.54. The number of rotatable bonds is 41. The molecule has 0 aromatic heterocycles. The highest BCUT2D eigenvalue weighted by Crippen LogP contribution is 2.13. The highest BCUT2D eigenvalue weighted by atomic mass is 16.6. The van der Waals surface area contributed by atoms with E-state index in [4.69, 9.17) is 48.4 Å². The van der Waals surface area contributed by atoms with Gasteiger partial charge in [0.05, 0.1) is 106 Å². The topological polar surface area (TPSA) is 272 Å². The number of hydrogen-bond acceptors (Lipinski definition) is 15. The Kier molecular flexibility index (Phi) is 35.0. The molecule has 1 aromatic carbocycles. The van der Waals surface area contributed by atoms with E-state index in [1.54, 1.807) is 38.1 Å². The molecule has 0 saturated heterocycles. The van der Waals surface area contributed by atoms with E-state index in [1.165, 1.54) is 6.92 Å². The summed E-state index contributed by atoms with van der Waals surface area (Å²) in [7, 11) is 0. The predicted molar refractivity (Wildman–Crippen MR) is 235 cm³/mol. The molecule has 0 saturated carbocycles. The van der Waals surface area contributed by atoms with Crippen LogP contribution in [-0.4, -0.2) is 167 Å². The standard InChI is InChI=1S/C43H74N6O15/c1-5-7-38(51)45-15-17-57-19-21-59-23-25-61-27-29-63-31-30-62-28-26-60-24-22-58-20-18-56-16-13-39(52)49-40(33(2)3)42(54)48-37(8-6-14-46-43(44)55)41(53)47-36-11-9-35(10-12-36)32-64-34(4)50/h9-12,33,37,40H,5-8,13-32H2,1-4H3,(H,45,51)(H,47,53)(H,48,54)(H,49,52)(H3,44,46,55)/t37-,40-/m0/s1. The van der Waals surface area contributed by atoms with Gasteiger partial charge in [0.2, 0.25) is 23.6 Å². The highest BCUT2D eigenvalue weighted by Gasteiger charge is 2.29. The van der Waals surface area contributed by atoms with Gasteiger partial charge in [-0.3, -0.25) is 24.0 Å². The van der Waals surface area contributed by atoms with Crippen LogP contribution in [0, 0.1) is 5.92 Å². The van der Waals surface area contributed by atoms with E-state index in [0.29, 0.717) is 118 Å². The lowest BCUT2D eigenvalue weighted by atomic mass is 10.0. The van der Waals surface area contributed by atoms with Gasteiger partial charge in [-0.25, -0.2) is 4.79 Å². The molecule has 0 aliphatic heterocycles. The van der Waals surface area contributed by atoms with Gasteiger partial charge in [-0.2, -0.15) is 0 Å². The predicted octanol–water partition coefficient (Wildman–Crippen LogP) is 1.20. The summed E-state index contributed by atoms with van der Waals surface area (Å²) in [6.45, 7) is 13.9. The first kappa shape index (κ1) is 57.5. The van der Waals surface area contributed by atoms with E-state index in [1.807, 2.05) is 6.92 Å². The third kappa shape index (κ3) is 33.1. The number of amides is 6. The van der Waals surface area contributed by atoms with E-state index in [2.05, 4.69) is 26.6 Å². The van der Waals surface area contributed by atoms with Crippen molar-refractivity contribution in [1.29, 1.82) is 0 Å². The average molecular weight is 915 g/mol. The summed E-state index contributed by atoms with van der Waals surface area (Å²) in [5.41, 5.74) is 6.33. The molecular formula is C43H74N6O15. The monoisotopic (exact) mass is 915 g/mol. The SMILES string of the molecule is CCCC(=O)NCCOCCOCCOCCOCCOCCOCCOCCOCCC(=O)N[C@H](C(=O)N[C@@H](CCCNC(N)=O)C(=O)Nc1ccc(COC(C)=O)cc1)C(C)C. The van der Waals surface area contributed by atoms with Crippen molar-refractivity contribution in [3.8, 4) is 0 Å². The van der Waals surface area contributed by atoms with Gasteiger partial charge < -0.3 is 74.9 Å². The van der Waals surface area contributed by atoms with Crippen molar-refractivity contribution >= 4 is 41.3 Å². The van der Waals surface area contributed by atoms with E-state index < -0.39 is 41.8 Å². The number of benzene rings is 1. The van der Waals surface area contributed by atoms with Crippen LogP contribution in [0.4, 0.5) is 10.5 Å². The maximum Gasteiger partial charge on any atom is 0.312 e. The summed E-state index contributed by atoms with van der Waals surface area (Å²) in [6.07, 6.45) is 1.87. The van der Waals surface area contributed by atoms with E-state index in [9.17, 15) is 28.8 Å². The molecule has 6 amide bonds. The molecule has 1 aromatic rings.